The average molecular weight is 418 g/mol. The van der Waals surface area contributed by atoms with Crippen molar-refractivity contribution in [2.45, 2.75) is 6.92 Å². The van der Waals surface area contributed by atoms with Crippen molar-refractivity contribution in [2.75, 3.05) is 5.09 Å². The van der Waals surface area contributed by atoms with Crippen molar-refractivity contribution < 1.29 is 14.2 Å². The largest absolute Gasteiger partial charge is 0.456 e. The Morgan fingerprint density at radius 1 is 0.867 bits per heavy atom. The Bertz CT molecular complexity index is 1140. The van der Waals surface area contributed by atoms with E-state index in [0.717, 1.165) is 16.7 Å². The summed E-state index contributed by atoms with van der Waals surface area (Å²) in [7, 11) is -3.28. The maximum absolute atomic E-state index is 13.9. The molecule has 0 radical (unpaired) electrons. The van der Waals surface area contributed by atoms with Gasteiger partial charge in [-0.15, -0.1) is 0 Å². The third-order valence-corrected chi connectivity index (χ3v) is 6.51. The molecule has 3 aromatic rings. The standard InChI is InChI=1S/C23H19N2O4P/c1-17-12-13-20(25(26)27)14-21(17)24-30(28)15-22(18-8-4-2-5-9-18)29-23(16-30)19-10-6-3-7-11-19/h2-16H,1H3,(H,24,28). The van der Waals surface area contributed by atoms with E-state index in [4.69, 9.17) is 4.74 Å². The van der Waals surface area contributed by atoms with Gasteiger partial charge < -0.3 is 9.82 Å². The van der Waals surface area contributed by atoms with Crippen molar-refractivity contribution >= 4 is 30.2 Å². The first-order chi connectivity index (χ1) is 14.4. The fourth-order valence-corrected chi connectivity index (χ4v) is 5.05. The first-order valence-corrected chi connectivity index (χ1v) is 11.2. The second-order valence-electron chi connectivity index (χ2n) is 6.90. The van der Waals surface area contributed by atoms with E-state index in [1.165, 1.54) is 12.1 Å². The van der Waals surface area contributed by atoms with Crippen LogP contribution in [0, 0.1) is 17.0 Å². The maximum Gasteiger partial charge on any atom is 0.271 e. The predicted molar refractivity (Wildman–Crippen MR) is 119 cm³/mol. The number of aryl methyl sites for hydroxylation is 1. The number of nitrogens with one attached hydrogen (secondary N) is 1. The lowest BCUT2D eigenvalue weighted by Crippen LogP contribution is -2.04. The molecule has 1 aliphatic heterocycles. The van der Waals surface area contributed by atoms with Crippen LogP contribution >= 0.6 is 7.29 Å². The molecular weight excluding hydrogens is 399 g/mol. The zero-order valence-electron chi connectivity index (χ0n) is 16.2. The van der Waals surface area contributed by atoms with Crippen LogP contribution in [0.4, 0.5) is 11.4 Å². The van der Waals surface area contributed by atoms with Gasteiger partial charge in [-0.05, 0) is 12.5 Å². The molecule has 0 fully saturated rings. The second kappa shape index (κ2) is 8.01. The van der Waals surface area contributed by atoms with Crippen LogP contribution in [0.15, 0.2) is 90.5 Å². The number of hydrogen-bond acceptors (Lipinski definition) is 4. The third-order valence-electron chi connectivity index (χ3n) is 4.68. The number of ether oxygens (including phenoxy) is 1. The summed E-state index contributed by atoms with van der Waals surface area (Å²) in [5.74, 6) is 4.06. The summed E-state index contributed by atoms with van der Waals surface area (Å²) >= 11 is 0. The highest BCUT2D eigenvalue weighted by Gasteiger charge is 2.28. The Morgan fingerprint density at radius 3 is 1.90 bits per heavy atom. The van der Waals surface area contributed by atoms with Crippen molar-refractivity contribution in [1.29, 1.82) is 0 Å². The Labute approximate surface area is 174 Å². The summed E-state index contributed by atoms with van der Waals surface area (Å²) in [5, 5.41) is 14.2. The number of rotatable bonds is 5. The molecule has 1 aliphatic rings. The predicted octanol–water partition coefficient (Wildman–Crippen LogP) is 6.62. The molecular formula is C23H19N2O4P. The number of nitrogens with zero attached hydrogens (tertiary/aromatic N) is 1. The van der Waals surface area contributed by atoms with Gasteiger partial charge in [0.25, 0.3) is 5.69 Å². The Kier molecular flexibility index (Phi) is 5.25. The number of nitro groups is 1. The molecule has 0 saturated heterocycles. The first kappa shape index (κ1) is 19.7. The summed E-state index contributed by atoms with van der Waals surface area (Å²) in [4.78, 5) is 10.7. The molecule has 1 heterocycles. The van der Waals surface area contributed by atoms with Gasteiger partial charge in [-0.1, -0.05) is 66.7 Å². The third kappa shape index (κ3) is 4.19. The lowest BCUT2D eigenvalue weighted by atomic mass is 10.2. The van der Waals surface area contributed by atoms with Gasteiger partial charge in [0.1, 0.15) is 11.5 Å². The van der Waals surface area contributed by atoms with Crippen LogP contribution in [0.1, 0.15) is 16.7 Å². The molecule has 0 atom stereocenters. The molecule has 1 N–H and O–H groups in total. The molecule has 0 aromatic heterocycles. The molecule has 7 heteroatoms. The van der Waals surface area contributed by atoms with Crippen LogP contribution in [0.25, 0.3) is 11.5 Å². The summed E-state index contributed by atoms with van der Waals surface area (Å²) in [6.45, 7) is 1.81. The minimum Gasteiger partial charge on any atom is -0.456 e. The summed E-state index contributed by atoms with van der Waals surface area (Å²) in [6.07, 6.45) is 0. The van der Waals surface area contributed by atoms with Crippen LogP contribution in [0.2, 0.25) is 0 Å². The van der Waals surface area contributed by atoms with Gasteiger partial charge in [-0.25, -0.2) is 0 Å². The summed E-state index contributed by atoms with van der Waals surface area (Å²) in [5.41, 5.74) is 2.71. The summed E-state index contributed by atoms with van der Waals surface area (Å²) in [6, 6.07) is 23.3. The Hall–Kier alpha value is -3.63. The maximum atomic E-state index is 13.9. The van der Waals surface area contributed by atoms with Gasteiger partial charge in [0.05, 0.1) is 4.92 Å². The lowest BCUT2D eigenvalue weighted by Gasteiger charge is -2.24. The molecule has 0 spiro atoms. The topological polar surface area (TPSA) is 81.5 Å². The Balaban J connectivity index is 1.80. The average Bonchev–Trinajstić information content (AvgIpc) is 2.76. The number of nitro benzene ring substituents is 1. The fourth-order valence-electron chi connectivity index (χ4n) is 3.13. The van der Waals surface area contributed by atoms with E-state index >= 15 is 0 Å². The van der Waals surface area contributed by atoms with E-state index in [1.54, 1.807) is 17.7 Å². The SMILES string of the molecule is Cc1ccc([N+](=O)[O-])cc1NP1(=O)C=C(c2ccccc2)OC(c2ccccc2)=C1. The van der Waals surface area contributed by atoms with Gasteiger partial charge in [0.15, 0.2) is 0 Å². The molecule has 0 unspecified atom stereocenters. The van der Waals surface area contributed by atoms with Crippen LogP contribution in [0.3, 0.4) is 0 Å². The van der Waals surface area contributed by atoms with E-state index in [1.807, 2.05) is 67.6 Å². The van der Waals surface area contributed by atoms with Crippen LogP contribution in [-0.2, 0) is 9.30 Å². The summed E-state index contributed by atoms with van der Waals surface area (Å²) < 4.78 is 20.0. The van der Waals surface area contributed by atoms with E-state index in [-0.39, 0.29) is 5.69 Å². The molecule has 0 bridgehead atoms. The highest BCUT2D eigenvalue weighted by Crippen LogP contribution is 2.56. The van der Waals surface area contributed by atoms with Gasteiger partial charge in [-0.2, -0.15) is 0 Å². The van der Waals surface area contributed by atoms with Crippen LogP contribution in [0.5, 0.6) is 0 Å². The van der Waals surface area contributed by atoms with Gasteiger partial charge >= 0.3 is 0 Å². The number of benzene rings is 3. The molecule has 0 aliphatic carbocycles. The van der Waals surface area contributed by atoms with Crippen molar-refractivity contribution in [3.05, 3.63) is 117 Å². The zero-order chi connectivity index (χ0) is 21.1. The minimum atomic E-state index is -3.28. The van der Waals surface area contributed by atoms with Gasteiger partial charge in [0, 0.05) is 40.6 Å². The highest BCUT2D eigenvalue weighted by atomic mass is 31.2. The molecule has 30 heavy (non-hydrogen) atoms. The lowest BCUT2D eigenvalue weighted by molar-refractivity contribution is -0.384. The van der Waals surface area contributed by atoms with Crippen LogP contribution in [-0.4, -0.2) is 4.92 Å². The van der Waals surface area contributed by atoms with Crippen molar-refractivity contribution in [3.63, 3.8) is 0 Å². The number of hydrogen-bond donors (Lipinski definition) is 1. The van der Waals surface area contributed by atoms with E-state index in [0.29, 0.717) is 17.2 Å². The van der Waals surface area contributed by atoms with E-state index in [2.05, 4.69) is 5.09 Å². The Morgan fingerprint density at radius 2 is 1.40 bits per heavy atom. The van der Waals surface area contributed by atoms with Gasteiger partial charge in [-0.3, -0.25) is 14.7 Å². The second-order valence-corrected chi connectivity index (χ2v) is 9.06. The number of anilines is 1. The van der Waals surface area contributed by atoms with Gasteiger partial charge in [0.2, 0.25) is 7.29 Å². The van der Waals surface area contributed by atoms with Crippen molar-refractivity contribution in [1.82, 2.24) is 0 Å². The quantitative estimate of drug-likeness (QED) is 0.286. The molecule has 0 saturated carbocycles. The smallest absolute Gasteiger partial charge is 0.271 e. The monoisotopic (exact) mass is 418 g/mol. The molecule has 0 amide bonds. The van der Waals surface area contributed by atoms with E-state index in [9.17, 15) is 14.7 Å². The fraction of sp³-hybridized carbons (Fsp3) is 0.0435. The highest BCUT2D eigenvalue weighted by molar-refractivity contribution is 7.72. The zero-order valence-corrected chi connectivity index (χ0v) is 17.1. The first-order valence-electron chi connectivity index (χ1n) is 9.31. The molecule has 6 nitrogen and oxygen atoms in total. The van der Waals surface area contributed by atoms with Crippen molar-refractivity contribution in [3.8, 4) is 0 Å². The molecule has 150 valence electrons. The molecule has 4 rings (SSSR count). The number of non-ortho nitro benzene ring substituents is 1. The van der Waals surface area contributed by atoms with Crippen molar-refractivity contribution in [2.24, 2.45) is 0 Å². The van der Waals surface area contributed by atoms with Crippen LogP contribution < -0.4 is 5.09 Å². The molecule has 3 aromatic carbocycles. The normalized spacial score (nSPS) is 14.8. The van der Waals surface area contributed by atoms with E-state index < -0.39 is 12.2 Å². The minimum absolute atomic E-state index is 0.0671.